The first-order chi connectivity index (χ1) is 12.9. The molecule has 0 aliphatic carbocycles. The van der Waals surface area contributed by atoms with Gasteiger partial charge in [-0.1, -0.05) is 53.9 Å². The first kappa shape index (κ1) is 28.1. The number of unbranched alkanes of at least 4 members (excludes halogenated alkanes) is 4. The summed E-state index contributed by atoms with van der Waals surface area (Å²) in [6, 6.07) is 0. The summed E-state index contributed by atoms with van der Waals surface area (Å²) < 4.78 is 11.0. The van der Waals surface area contributed by atoms with Crippen molar-refractivity contribution in [2.24, 2.45) is 5.92 Å². The number of ether oxygens (including phenoxy) is 2. The average Bonchev–Trinajstić information content (AvgIpc) is 2.72. The number of nitrogens with zero attached hydrogens (tertiary/aromatic N) is 1. The molecule has 1 fully saturated rings. The zero-order chi connectivity index (χ0) is 19.9. The lowest BCUT2D eigenvalue weighted by Crippen LogP contribution is -2.33. The molecular formula is C23H51NO2. The van der Waals surface area contributed by atoms with Crippen molar-refractivity contribution in [1.82, 2.24) is 4.90 Å². The second-order valence-electron chi connectivity index (χ2n) is 6.60. The van der Waals surface area contributed by atoms with Crippen LogP contribution in [0.5, 0.6) is 0 Å². The van der Waals surface area contributed by atoms with Gasteiger partial charge in [0, 0.05) is 26.4 Å². The lowest BCUT2D eigenvalue weighted by molar-refractivity contribution is 0.116. The van der Waals surface area contributed by atoms with Crippen LogP contribution in [0.4, 0.5) is 0 Å². The lowest BCUT2D eigenvalue weighted by atomic mass is 9.91. The standard InChI is InChI=1S/C19H39NO2.2C2H6/c1-3-20-14-12-19(13-15-20)11-7-5-8-17-22-18-10-6-9-16-21-4-2;2*1-2/h19H,3-18H2,1-2H3;2*1-2H3. The van der Waals surface area contributed by atoms with Crippen LogP contribution in [0, 0.1) is 5.92 Å². The quantitative estimate of drug-likeness (QED) is 0.322. The molecule has 0 radical (unpaired) electrons. The summed E-state index contributed by atoms with van der Waals surface area (Å²) >= 11 is 0. The Hall–Kier alpha value is -0.120. The van der Waals surface area contributed by atoms with Crippen molar-refractivity contribution < 1.29 is 9.47 Å². The van der Waals surface area contributed by atoms with Gasteiger partial charge in [-0.2, -0.15) is 0 Å². The second kappa shape index (κ2) is 24.9. The summed E-state index contributed by atoms with van der Waals surface area (Å²) in [7, 11) is 0. The van der Waals surface area contributed by atoms with Crippen LogP contribution < -0.4 is 0 Å². The van der Waals surface area contributed by atoms with Crippen molar-refractivity contribution in [3.63, 3.8) is 0 Å². The monoisotopic (exact) mass is 373 g/mol. The number of likely N-dealkylation sites (tertiary alicyclic amines) is 1. The Morgan fingerprint density at radius 2 is 1.19 bits per heavy atom. The largest absolute Gasteiger partial charge is 0.382 e. The average molecular weight is 374 g/mol. The molecule has 0 aromatic carbocycles. The van der Waals surface area contributed by atoms with E-state index in [1.807, 2.05) is 27.7 Å². The van der Waals surface area contributed by atoms with Crippen LogP contribution >= 0.6 is 0 Å². The molecule has 1 aliphatic heterocycles. The van der Waals surface area contributed by atoms with Gasteiger partial charge < -0.3 is 14.4 Å². The Bertz CT molecular complexity index is 228. The molecule has 0 aromatic heterocycles. The number of rotatable bonds is 14. The Balaban J connectivity index is 0. The van der Waals surface area contributed by atoms with Gasteiger partial charge in [0.2, 0.25) is 0 Å². The van der Waals surface area contributed by atoms with E-state index in [1.165, 1.54) is 77.4 Å². The molecular weight excluding hydrogens is 322 g/mol. The molecule has 0 saturated carbocycles. The van der Waals surface area contributed by atoms with E-state index in [-0.39, 0.29) is 0 Å². The summed E-state index contributed by atoms with van der Waals surface area (Å²) in [5.41, 5.74) is 0. The van der Waals surface area contributed by atoms with Crippen molar-refractivity contribution in [2.75, 3.05) is 46.1 Å². The van der Waals surface area contributed by atoms with Gasteiger partial charge in [0.05, 0.1) is 0 Å². The van der Waals surface area contributed by atoms with Crippen LogP contribution in [0.25, 0.3) is 0 Å². The third-order valence-electron chi connectivity index (χ3n) is 4.84. The highest BCUT2D eigenvalue weighted by Crippen LogP contribution is 2.22. The van der Waals surface area contributed by atoms with E-state index in [2.05, 4.69) is 18.7 Å². The molecule has 0 spiro atoms. The van der Waals surface area contributed by atoms with Crippen molar-refractivity contribution in [2.45, 2.75) is 99.3 Å². The molecule has 0 atom stereocenters. The maximum absolute atomic E-state index is 5.71. The fourth-order valence-electron chi connectivity index (χ4n) is 3.24. The minimum absolute atomic E-state index is 0.841. The van der Waals surface area contributed by atoms with Gasteiger partial charge in [-0.05, 0) is 71.0 Å². The van der Waals surface area contributed by atoms with E-state index in [4.69, 9.17) is 9.47 Å². The van der Waals surface area contributed by atoms with Gasteiger partial charge in [0.1, 0.15) is 0 Å². The van der Waals surface area contributed by atoms with Crippen LogP contribution in [-0.2, 0) is 9.47 Å². The van der Waals surface area contributed by atoms with E-state index in [0.717, 1.165) is 32.3 Å². The first-order valence-electron chi connectivity index (χ1n) is 11.7. The summed E-state index contributed by atoms with van der Waals surface area (Å²) in [5.74, 6) is 0.994. The summed E-state index contributed by atoms with van der Waals surface area (Å²) in [5, 5.41) is 0. The molecule has 0 N–H and O–H groups in total. The molecule has 26 heavy (non-hydrogen) atoms. The molecule has 3 nitrogen and oxygen atoms in total. The van der Waals surface area contributed by atoms with Gasteiger partial charge in [-0.3, -0.25) is 0 Å². The maximum atomic E-state index is 5.71. The van der Waals surface area contributed by atoms with Gasteiger partial charge >= 0.3 is 0 Å². The number of piperidine rings is 1. The third-order valence-corrected chi connectivity index (χ3v) is 4.84. The normalized spacial score (nSPS) is 15.0. The van der Waals surface area contributed by atoms with Gasteiger partial charge in [0.15, 0.2) is 0 Å². The summed E-state index contributed by atoms with van der Waals surface area (Å²) in [4.78, 5) is 2.58. The van der Waals surface area contributed by atoms with Crippen LogP contribution in [0.15, 0.2) is 0 Å². The summed E-state index contributed by atoms with van der Waals surface area (Å²) in [6.07, 6.45) is 11.9. The fourth-order valence-corrected chi connectivity index (χ4v) is 3.24. The van der Waals surface area contributed by atoms with Crippen molar-refractivity contribution in [3.8, 4) is 0 Å². The van der Waals surface area contributed by atoms with Crippen LogP contribution in [0.3, 0.4) is 0 Å². The van der Waals surface area contributed by atoms with E-state index in [1.54, 1.807) is 0 Å². The smallest absolute Gasteiger partial charge is 0.0466 e. The van der Waals surface area contributed by atoms with Gasteiger partial charge in [-0.15, -0.1) is 0 Å². The minimum atomic E-state index is 0.841. The predicted octanol–water partition coefficient (Wildman–Crippen LogP) is 6.55. The van der Waals surface area contributed by atoms with E-state index < -0.39 is 0 Å². The molecule has 160 valence electrons. The number of hydrogen-bond acceptors (Lipinski definition) is 3. The second-order valence-corrected chi connectivity index (χ2v) is 6.60. The predicted molar refractivity (Wildman–Crippen MR) is 117 cm³/mol. The fraction of sp³-hybridized carbons (Fsp3) is 1.00. The van der Waals surface area contributed by atoms with E-state index >= 15 is 0 Å². The van der Waals surface area contributed by atoms with Crippen LogP contribution in [0.2, 0.25) is 0 Å². The lowest BCUT2D eigenvalue weighted by Gasteiger charge is -2.31. The third kappa shape index (κ3) is 18.7. The zero-order valence-corrected chi connectivity index (χ0v) is 19.2. The Kier molecular flexibility index (Phi) is 26.9. The Morgan fingerprint density at radius 3 is 1.69 bits per heavy atom. The Morgan fingerprint density at radius 1 is 0.692 bits per heavy atom. The number of hydrogen-bond donors (Lipinski definition) is 0. The van der Waals surface area contributed by atoms with E-state index in [9.17, 15) is 0 Å². The maximum Gasteiger partial charge on any atom is 0.0466 e. The highest BCUT2D eigenvalue weighted by molar-refractivity contribution is 4.71. The van der Waals surface area contributed by atoms with Crippen molar-refractivity contribution >= 4 is 0 Å². The zero-order valence-electron chi connectivity index (χ0n) is 19.2. The minimum Gasteiger partial charge on any atom is -0.382 e. The molecule has 1 heterocycles. The molecule has 0 bridgehead atoms. The first-order valence-corrected chi connectivity index (χ1v) is 11.7. The SMILES string of the molecule is CC.CC.CCOCCCCCOCCCCCC1CCN(CC)CC1. The van der Waals surface area contributed by atoms with Crippen LogP contribution in [-0.4, -0.2) is 51.0 Å². The Labute approximate surface area is 166 Å². The molecule has 0 aromatic rings. The van der Waals surface area contributed by atoms with Crippen LogP contribution in [0.1, 0.15) is 99.3 Å². The van der Waals surface area contributed by atoms with Crippen molar-refractivity contribution in [1.29, 1.82) is 0 Å². The molecule has 1 rings (SSSR count). The molecule has 0 amide bonds. The van der Waals surface area contributed by atoms with Gasteiger partial charge in [0.25, 0.3) is 0 Å². The van der Waals surface area contributed by atoms with E-state index in [0.29, 0.717) is 0 Å². The molecule has 3 heteroatoms. The highest BCUT2D eigenvalue weighted by atomic mass is 16.5. The van der Waals surface area contributed by atoms with Crippen molar-refractivity contribution in [3.05, 3.63) is 0 Å². The molecule has 0 unspecified atom stereocenters. The molecule has 1 aliphatic rings. The molecule has 1 saturated heterocycles. The summed E-state index contributed by atoms with van der Waals surface area (Å²) in [6.45, 7) is 19.9. The highest BCUT2D eigenvalue weighted by Gasteiger charge is 2.17. The topological polar surface area (TPSA) is 21.7 Å². The van der Waals surface area contributed by atoms with Gasteiger partial charge in [-0.25, -0.2) is 0 Å².